The molecule has 0 unspecified atom stereocenters. The van der Waals surface area contributed by atoms with E-state index in [-0.39, 0.29) is 5.69 Å². The van der Waals surface area contributed by atoms with Gasteiger partial charge in [0.05, 0.1) is 5.69 Å². The topological polar surface area (TPSA) is 101 Å². The van der Waals surface area contributed by atoms with Crippen LogP contribution in [0.4, 0.5) is 4.39 Å². The number of rotatable bonds is 4. The van der Waals surface area contributed by atoms with E-state index in [2.05, 4.69) is 10.4 Å². The molecule has 0 saturated heterocycles. The minimum absolute atomic E-state index is 0.0832. The van der Waals surface area contributed by atoms with E-state index >= 15 is 0 Å². The van der Waals surface area contributed by atoms with Crippen molar-refractivity contribution in [3.8, 4) is 5.69 Å². The summed E-state index contributed by atoms with van der Waals surface area (Å²) in [6.45, 7) is 0. The van der Waals surface area contributed by atoms with Crippen LogP contribution in [0.5, 0.6) is 0 Å². The molecule has 1 aromatic carbocycles. The van der Waals surface area contributed by atoms with Gasteiger partial charge in [-0.1, -0.05) is 19.3 Å². The third-order valence-corrected chi connectivity index (χ3v) is 4.57. The first-order valence-electron chi connectivity index (χ1n) is 8.33. The fourth-order valence-electron chi connectivity index (χ4n) is 3.13. The standard InChI is InChI=1S/C18H18FN3O4/c19-12-4-6-13(7-5-12)22-15(23)9-8-14(21-22)16(24)20-18(17(25)26)10-2-1-3-11-18/h4-9H,1-3,10-11H2,(H,20,24)(H,25,26). The molecule has 26 heavy (non-hydrogen) atoms. The summed E-state index contributed by atoms with van der Waals surface area (Å²) in [6.07, 6.45) is 3.07. The van der Waals surface area contributed by atoms with Gasteiger partial charge in [-0.25, -0.2) is 9.18 Å². The van der Waals surface area contributed by atoms with Crippen molar-refractivity contribution in [3.05, 3.63) is 58.3 Å². The second-order valence-electron chi connectivity index (χ2n) is 6.35. The number of carbonyl (C=O) groups excluding carboxylic acids is 1. The average molecular weight is 359 g/mol. The number of benzene rings is 1. The third-order valence-electron chi connectivity index (χ3n) is 4.57. The van der Waals surface area contributed by atoms with Gasteiger partial charge in [0.25, 0.3) is 11.5 Å². The molecule has 2 N–H and O–H groups in total. The van der Waals surface area contributed by atoms with Gasteiger partial charge in [0.2, 0.25) is 0 Å². The lowest BCUT2D eigenvalue weighted by Crippen LogP contribution is -2.55. The normalized spacial score (nSPS) is 16.0. The van der Waals surface area contributed by atoms with Gasteiger partial charge in [0, 0.05) is 6.07 Å². The van der Waals surface area contributed by atoms with E-state index in [1.165, 1.54) is 36.4 Å². The van der Waals surface area contributed by atoms with Gasteiger partial charge in [-0.05, 0) is 43.2 Å². The summed E-state index contributed by atoms with van der Waals surface area (Å²) in [5.74, 6) is -2.20. The second kappa shape index (κ2) is 7.07. The molecule has 1 aliphatic rings. The van der Waals surface area contributed by atoms with Crippen LogP contribution in [0.3, 0.4) is 0 Å². The van der Waals surface area contributed by atoms with E-state index in [9.17, 15) is 23.9 Å². The van der Waals surface area contributed by atoms with Crippen LogP contribution in [0.2, 0.25) is 0 Å². The molecular weight excluding hydrogens is 341 g/mol. The number of nitrogens with one attached hydrogen (secondary N) is 1. The molecule has 8 heteroatoms. The van der Waals surface area contributed by atoms with Crippen LogP contribution in [-0.4, -0.2) is 32.3 Å². The lowest BCUT2D eigenvalue weighted by atomic mass is 9.81. The first-order chi connectivity index (χ1) is 12.4. The van der Waals surface area contributed by atoms with E-state index in [0.717, 1.165) is 23.9 Å². The molecule has 1 amide bonds. The lowest BCUT2D eigenvalue weighted by Gasteiger charge is -2.33. The van der Waals surface area contributed by atoms with Gasteiger partial charge in [0.1, 0.15) is 17.1 Å². The minimum atomic E-state index is -1.31. The third kappa shape index (κ3) is 3.49. The maximum atomic E-state index is 13.1. The largest absolute Gasteiger partial charge is 0.480 e. The zero-order valence-corrected chi connectivity index (χ0v) is 13.9. The zero-order chi connectivity index (χ0) is 18.7. The molecule has 1 fully saturated rings. The van der Waals surface area contributed by atoms with E-state index in [1.54, 1.807) is 0 Å². The number of aliphatic carboxylic acids is 1. The van der Waals surface area contributed by atoms with Crippen LogP contribution in [0, 0.1) is 5.82 Å². The highest BCUT2D eigenvalue weighted by Gasteiger charge is 2.41. The SMILES string of the molecule is O=C(NC1(C(=O)O)CCCCC1)c1ccc(=O)n(-c2ccc(F)cc2)n1. The summed E-state index contributed by atoms with van der Waals surface area (Å²) in [5, 5.41) is 16.1. The van der Waals surface area contributed by atoms with Gasteiger partial charge >= 0.3 is 5.97 Å². The van der Waals surface area contributed by atoms with Crippen molar-refractivity contribution in [1.29, 1.82) is 0 Å². The molecule has 1 saturated carbocycles. The predicted molar refractivity (Wildman–Crippen MR) is 90.7 cm³/mol. The van der Waals surface area contributed by atoms with Gasteiger partial charge in [-0.15, -0.1) is 0 Å². The highest BCUT2D eigenvalue weighted by molar-refractivity contribution is 5.96. The predicted octanol–water partition coefficient (Wildman–Crippen LogP) is 1.89. The Morgan fingerprint density at radius 1 is 1.08 bits per heavy atom. The van der Waals surface area contributed by atoms with Crippen molar-refractivity contribution in [2.75, 3.05) is 0 Å². The Labute approximate surface area is 148 Å². The fourth-order valence-corrected chi connectivity index (χ4v) is 3.13. The van der Waals surface area contributed by atoms with Crippen molar-refractivity contribution in [1.82, 2.24) is 15.1 Å². The Morgan fingerprint density at radius 2 is 1.73 bits per heavy atom. The van der Waals surface area contributed by atoms with Crippen LogP contribution in [0.1, 0.15) is 42.6 Å². The van der Waals surface area contributed by atoms with Crippen molar-refractivity contribution in [3.63, 3.8) is 0 Å². The Kier molecular flexibility index (Phi) is 4.83. The molecule has 0 bridgehead atoms. The van der Waals surface area contributed by atoms with Gasteiger partial charge < -0.3 is 10.4 Å². The molecule has 3 rings (SSSR count). The number of hydrogen-bond donors (Lipinski definition) is 2. The summed E-state index contributed by atoms with van der Waals surface area (Å²) in [4.78, 5) is 36.3. The maximum Gasteiger partial charge on any atom is 0.329 e. The number of aromatic nitrogens is 2. The Balaban J connectivity index is 1.90. The fraction of sp³-hybridized carbons (Fsp3) is 0.333. The summed E-state index contributed by atoms with van der Waals surface area (Å²) >= 11 is 0. The summed E-state index contributed by atoms with van der Waals surface area (Å²) in [6, 6.07) is 7.50. The molecule has 7 nitrogen and oxygen atoms in total. The summed E-state index contributed by atoms with van der Waals surface area (Å²) in [5.41, 5.74) is -1.58. The van der Waals surface area contributed by atoms with Gasteiger partial charge in [-0.3, -0.25) is 9.59 Å². The first kappa shape index (κ1) is 17.8. The second-order valence-corrected chi connectivity index (χ2v) is 6.35. The van der Waals surface area contributed by atoms with Crippen molar-refractivity contribution in [2.24, 2.45) is 0 Å². The maximum absolute atomic E-state index is 13.1. The summed E-state index contributed by atoms with van der Waals surface area (Å²) in [7, 11) is 0. The Bertz CT molecular complexity index is 886. The summed E-state index contributed by atoms with van der Waals surface area (Å²) < 4.78 is 14.0. The van der Waals surface area contributed by atoms with Gasteiger partial charge in [0.15, 0.2) is 0 Å². The molecule has 1 heterocycles. The highest BCUT2D eigenvalue weighted by atomic mass is 19.1. The van der Waals surface area contributed by atoms with Crippen molar-refractivity contribution in [2.45, 2.75) is 37.6 Å². The monoisotopic (exact) mass is 359 g/mol. The van der Waals surface area contributed by atoms with Gasteiger partial charge in [-0.2, -0.15) is 9.78 Å². The molecule has 0 radical (unpaired) electrons. The van der Waals surface area contributed by atoms with E-state index in [4.69, 9.17) is 0 Å². The molecule has 2 aromatic rings. The number of nitrogens with zero attached hydrogens (tertiary/aromatic N) is 2. The minimum Gasteiger partial charge on any atom is -0.480 e. The van der Waals surface area contributed by atoms with Crippen molar-refractivity contribution >= 4 is 11.9 Å². The number of halogens is 1. The van der Waals surface area contributed by atoms with E-state index < -0.39 is 28.8 Å². The smallest absolute Gasteiger partial charge is 0.329 e. The molecule has 0 spiro atoms. The quantitative estimate of drug-likeness (QED) is 0.868. The first-order valence-corrected chi connectivity index (χ1v) is 8.33. The van der Waals surface area contributed by atoms with Crippen LogP contribution < -0.4 is 10.9 Å². The Morgan fingerprint density at radius 3 is 2.35 bits per heavy atom. The number of carboxylic acid groups (broad SMARTS) is 1. The Hall–Kier alpha value is -3.03. The zero-order valence-electron chi connectivity index (χ0n) is 13.9. The van der Waals surface area contributed by atoms with Crippen LogP contribution in [-0.2, 0) is 4.79 Å². The van der Waals surface area contributed by atoms with Crippen LogP contribution >= 0.6 is 0 Å². The number of carboxylic acids is 1. The van der Waals surface area contributed by atoms with E-state index in [0.29, 0.717) is 18.5 Å². The van der Waals surface area contributed by atoms with E-state index in [1.807, 2.05) is 0 Å². The molecule has 0 atom stereocenters. The molecule has 136 valence electrons. The van der Waals surface area contributed by atoms with Crippen LogP contribution in [0.15, 0.2) is 41.2 Å². The molecular formula is C18H18FN3O4. The number of hydrogen-bond acceptors (Lipinski definition) is 4. The number of carbonyl (C=O) groups is 2. The lowest BCUT2D eigenvalue weighted by molar-refractivity contribution is -0.145. The highest BCUT2D eigenvalue weighted by Crippen LogP contribution is 2.28. The molecule has 1 aliphatic carbocycles. The molecule has 0 aliphatic heterocycles. The number of amides is 1. The average Bonchev–Trinajstić information content (AvgIpc) is 2.63. The van der Waals surface area contributed by atoms with Crippen LogP contribution in [0.25, 0.3) is 5.69 Å². The van der Waals surface area contributed by atoms with Crippen molar-refractivity contribution < 1.29 is 19.1 Å². The molecule has 1 aromatic heterocycles.